The minimum atomic E-state index is -0.0927. The predicted octanol–water partition coefficient (Wildman–Crippen LogP) is 3.15. The molecule has 1 aliphatic carbocycles. The molecule has 0 aromatic heterocycles. The van der Waals surface area contributed by atoms with Crippen molar-refractivity contribution in [1.82, 2.24) is 4.90 Å². The highest BCUT2D eigenvalue weighted by molar-refractivity contribution is 5.49. The smallest absolute Gasteiger partial charge is 0.119 e. The number of methoxy groups -OCH3 is 1. The molecule has 4 nitrogen and oxygen atoms in total. The lowest BCUT2D eigenvalue weighted by molar-refractivity contribution is 0.0653. The van der Waals surface area contributed by atoms with Crippen molar-refractivity contribution in [3.8, 4) is 5.75 Å². The number of ether oxygens (including phenoxy) is 1. The number of aliphatic hydroxyl groups is 1. The number of nitrogens with zero attached hydrogens (tertiary/aromatic N) is 2. The van der Waals surface area contributed by atoms with E-state index in [1.54, 1.807) is 7.11 Å². The zero-order valence-corrected chi connectivity index (χ0v) is 15.0. The first kappa shape index (κ1) is 17.6. The Labute approximate surface area is 146 Å². The van der Waals surface area contributed by atoms with Gasteiger partial charge in [-0.1, -0.05) is 19.3 Å². The Morgan fingerprint density at radius 2 is 1.71 bits per heavy atom. The summed E-state index contributed by atoms with van der Waals surface area (Å²) < 4.78 is 5.23. The zero-order chi connectivity index (χ0) is 16.8. The molecule has 2 fully saturated rings. The number of benzene rings is 1. The summed E-state index contributed by atoms with van der Waals surface area (Å²) >= 11 is 0. The monoisotopic (exact) mass is 332 g/mol. The van der Waals surface area contributed by atoms with Gasteiger partial charge in [0.25, 0.3) is 0 Å². The van der Waals surface area contributed by atoms with Gasteiger partial charge in [-0.05, 0) is 49.4 Å². The van der Waals surface area contributed by atoms with Crippen LogP contribution in [0.3, 0.4) is 0 Å². The van der Waals surface area contributed by atoms with E-state index in [2.05, 4.69) is 21.9 Å². The lowest BCUT2D eigenvalue weighted by atomic mass is 9.84. The molecule has 1 atom stereocenters. The van der Waals surface area contributed by atoms with Crippen LogP contribution in [0.4, 0.5) is 5.69 Å². The van der Waals surface area contributed by atoms with Crippen LogP contribution in [0.1, 0.15) is 38.5 Å². The molecule has 1 aliphatic heterocycles. The fourth-order valence-electron chi connectivity index (χ4n) is 4.09. The Morgan fingerprint density at radius 3 is 2.33 bits per heavy atom. The summed E-state index contributed by atoms with van der Waals surface area (Å²) in [7, 11) is 1.70. The Kier molecular flexibility index (Phi) is 6.38. The van der Waals surface area contributed by atoms with Crippen LogP contribution in [0.2, 0.25) is 0 Å². The van der Waals surface area contributed by atoms with Gasteiger partial charge in [-0.3, -0.25) is 4.90 Å². The standard InChI is InChI=1S/C20H32N2O2/c1-24-19-9-7-18(8-10-19)22-15-13-21(14-16-22)12-11-20(23)17-5-3-2-4-6-17/h7-10,17,20,23H,2-6,11-16H2,1H3. The summed E-state index contributed by atoms with van der Waals surface area (Å²) in [5.41, 5.74) is 1.28. The molecule has 0 spiro atoms. The summed E-state index contributed by atoms with van der Waals surface area (Å²) in [4.78, 5) is 4.94. The summed E-state index contributed by atoms with van der Waals surface area (Å²) in [5, 5.41) is 10.4. The fraction of sp³-hybridized carbons (Fsp3) is 0.700. The molecule has 2 aliphatic rings. The Hall–Kier alpha value is -1.26. The van der Waals surface area contributed by atoms with Crippen molar-refractivity contribution >= 4 is 5.69 Å². The SMILES string of the molecule is COc1ccc(N2CCN(CCC(O)C3CCCCC3)CC2)cc1. The number of piperazine rings is 1. The summed E-state index contributed by atoms with van der Waals surface area (Å²) in [5.74, 6) is 1.47. The minimum absolute atomic E-state index is 0.0927. The highest BCUT2D eigenvalue weighted by Gasteiger charge is 2.23. The third kappa shape index (κ3) is 4.64. The Balaban J connectivity index is 1.39. The maximum Gasteiger partial charge on any atom is 0.119 e. The molecule has 1 aromatic rings. The summed E-state index contributed by atoms with van der Waals surface area (Å²) in [6, 6.07) is 8.34. The van der Waals surface area contributed by atoms with Crippen LogP contribution < -0.4 is 9.64 Å². The molecule has 0 amide bonds. The van der Waals surface area contributed by atoms with Gasteiger partial charge in [0.15, 0.2) is 0 Å². The molecule has 4 heteroatoms. The average molecular weight is 332 g/mol. The van der Waals surface area contributed by atoms with Crippen molar-refractivity contribution in [1.29, 1.82) is 0 Å². The highest BCUT2D eigenvalue weighted by Crippen LogP contribution is 2.28. The van der Waals surface area contributed by atoms with Crippen molar-refractivity contribution in [2.75, 3.05) is 44.7 Å². The van der Waals surface area contributed by atoms with Gasteiger partial charge >= 0.3 is 0 Å². The first-order chi connectivity index (χ1) is 11.8. The van der Waals surface area contributed by atoms with E-state index < -0.39 is 0 Å². The molecule has 24 heavy (non-hydrogen) atoms. The molecule has 1 unspecified atom stereocenters. The van der Waals surface area contributed by atoms with Crippen LogP contribution in [0.5, 0.6) is 5.75 Å². The number of rotatable bonds is 6. The van der Waals surface area contributed by atoms with E-state index in [1.807, 2.05) is 12.1 Å². The summed E-state index contributed by atoms with van der Waals surface area (Å²) in [6.07, 6.45) is 7.28. The molecule has 0 radical (unpaired) electrons. The maximum absolute atomic E-state index is 10.4. The van der Waals surface area contributed by atoms with E-state index in [1.165, 1.54) is 37.8 Å². The topological polar surface area (TPSA) is 35.9 Å². The second-order valence-electron chi connectivity index (χ2n) is 7.28. The Morgan fingerprint density at radius 1 is 1.04 bits per heavy atom. The van der Waals surface area contributed by atoms with E-state index in [4.69, 9.17) is 4.74 Å². The van der Waals surface area contributed by atoms with Crippen molar-refractivity contribution < 1.29 is 9.84 Å². The normalized spacial score (nSPS) is 21.7. The van der Waals surface area contributed by atoms with Gasteiger partial charge in [0.2, 0.25) is 0 Å². The van der Waals surface area contributed by atoms with Gasteiger partial charge in [-0.15, -0.1) is 0 Å². The van der Waals surface area contributed by atoms with Gasteiger partial charge in [-0.25, -0.2) is 0 Å². The van der Waals surface area contributed by atoms with Crippen LogP contribution in [0, 0.1) is 5.92 Å². The van der Waals surface area contributed by atoms with E-state index in [9.17, 15) is 5.11 Å². The predicted molar refractivity (Wildman–Crippen MR) is 98.8 cm³/mol. The van der Waals surface area contributed by atoms with Crippen molar-refractivity contribution in [2.24, 2.45) is 5.92 Å². The van der Waals surface area contributed by atoms with E-state index in [0.29, 0.717) is 5.92 Å². The Bertz CT molecular complexity index is 477. The molecule has 1 saturated carbocycles. The number of anilines is 1. The van der Waals surface area contributed by atoms with Crippen molar-refractivity contribution in [2.45, 2.75) is 44.6 Å². The molecule has 3 rings (SSSR count). The largest absolute Gasteiger partial charge is 0.497 e. The fourth-order valence-corrected chi connectivity index (χ4v) is 4.09. The lowest BCUT2D eigenvalue weighted by Crippen LogP contribution is -2.47. The van der Waals surface area contributed by atoms with Gasteiger partial charge in [-0.2, -0.15) is 0 Å². The molecule has 134 valence electrons. The van der Waals surface area contributed by atoms with E-state index in [0.717, 1.165) is 44.9 Å². The molecule has 1 N–H and O–H groups in total. The quantitative estimate of drug-likeness (QED) is 0.868. The zero-order valence-electron chi connectivity index (χ0n) is 15.0. The number of hydrogen-bond donors (Lipinski definition) is 1. The van der Waals surface area contributed by atoms with Gasteiger partial charge in [0.05, 0.1) is 13.2 Å². The number of aliphatic hydroxyl groups excluding tert-OH is 1. The second-order valence-corrected chi connectivity index (χ2v) is 7.28. The molecule has 1 aromatic carbocycles. The van der Waals surface area contributed by atoms with Gasteiger partial charge < -0.3 is 14.7 Å². The van der Waals surface area contributed by atoms with Crippen molar-refractivity contribution in [3.05, 3.63) is 24.3 Å². The molecule has 1 saturated heterocycles. The first-order valence-corrected chi connectivity index (χ1v) is 9.55. The number of hydrogen-bond acceptors (Lipinski definition) is 4. The van der Waals surface area contributed by atoms with Crippen LogP contribution >= 0.6 is 0 Å². The highest BCUT2D eigenvalue weighted by atomic mass is 16.5. The van der Waals surface area contributed by atoms with Crippen LogP contribution in [-0.4, -0.2) is 55.9 Å². The maximum atomic E-state index is 10.4. The molecular formula is C20H32N2O2. The molecule has 0 bridgehead atoms. The van der Waals surface area contributed by atoms with E-state index in [-0.39, 0.29) is 6.10 Å². The first-order valence-electron chi connectivity index (χ1n) is 9.55. The van der Waals surface area contributed by atoms with Crippen LogP contribution in [0.15, 0.2) is 24.3 Å². The minimum Gasteiger partial charge on any atom is -0.497 e. The van der Waals surface area contributed by atoms with Gasteiger partial charge in [0.1, 0.15) is 5.75 Å². The lowest BCUT2D eigenvalue weighted by Gasteiger charge is -2.37. The average Bonchev–Trinajstić information content (AvgIpc) is 2.67. The second kappa shape index (κ2) is 8.72. The van der Waals surface area contributed by atoms with Gasteiger partial charge in [0, 0.05) is 38.4 Å². The van der Waals surface area contributed by atoms with Crippen molar-refractivity contribution in [3.63, 3.8) is 0 Å². The summed E-state index contributed by atoms with van der Waals surface area (Å²) in [6.45, 7) is 5.33. The molecular weight excluding hydrogens is 300 g/mol. The van der Waals surface area contributed by atoms with Crippen LogP contribution in [0.25, 0.3) is 0 Å². The molecule has 1 heterocycles. The van der Waals surface area contributed by atoms with E-state index >= 15 is 0 Å². The third-order valence-electron chi connectivity index (χ3n) is 5.74. The third-order valence-corrected chi connectivity index (χ3v) is 5.74. The van der Waals surface area contributed by atoms with Crippen LogP contribution in [-0.2, 0) is 0 Å².